The van der Waals surface area contributed by atoms with Gasteiger partial charge in [-0.3, -0.25) is 4.79 Å². The monoisotopic (exact) mass is 250 g/mol. The first-order valence-corrected chi connectivity index (χ1v) is 5.08. The summed E-state index contributed by atoms with van der Waals surface area (Å²) in [4.78, 5) is 28.2. The zero-order chi connectivity index (χ0) is 13.0. The molecule has 0 atom stereocenters. The number of carbonyl (C=O) groups is 1. The van der Waals surface area contributed by atoms with Gasteiger partial charge in [0.15, 0.2) is 11.5 Å². The molecule has 0 unspecified atom stereocenters. The van der Waals surface area contributed by atoms with Crippen LogP contribution in [0.1, 0.15) is 10.5 Å². The Morgan fingerprint density at radius 3 is 3.06 bits per heavy atom. The number of anilines is 1. The molecule has 0 saturated carbocycles. The lowest BCUT2D eigenvalue weighted by molar-refractivity contribution is 0.0690. The highest BCUT2D eigenvalue weighted by Crippen LogP contribution is 1.94. The van der Waals surface area contributed by atoms with Gasteiger partial charge >= 0.3 is 5.97 Å². The number of hydrogen-bond donors (Lipinski definition) is 3. The fourth-order valence-electron chi connectivity index (χ4n) is 1.27. The zero-order valence-corrected chi connectivity index (χ0v) is 9.20. The molecule has 2 aromatic rings. The number of H-pyrrole nitrogens is 1. The summed E-state index contributed by atoms with van der Waals surface area (Å²) in [5.41, 5.74) is -0.437. The second kappa shape index (κ2) is 5.08. The maximum Gasteiger partial charge on any atom is 0.358 e. The number of nitrogens with one attached hydrogen (secondary N) is 2. The first kappa shape index (κ1) is 11.8. The molecule has 9 heteroatoms. The van der Waals surface area contributed by atoms with Crippen molar-refractivity contribution in [3.8, 4) is 0 Å². The molecule has 0 fully saturated rings. The molecule has 18 heavy (non-hydrogen) atoms. The van der Waals surface area contributed by atoms with Crippen molar-refractivity contribution in [3.05, 3.63) is 34.6 Å². The van der Waals surface area contributed by atoms with E-state index in [0.717, 1.165) is 0 Å². The normalized spacial score (nSPS) is 10.2. The Kier molecular flexibility index (Phi) is 3.32. The Hall–Kier alpha value is -2.71. The molecule has 0 aliphatic rings. The van der Waals surface area contributed by atoms with Gasteiger partial charge in [0, 0.05) is 18.9 Å². The molecular weight excluding hydrogens is 240 g/mol. The van der Waals surface area contributed by atoms with Crippen LogP contribution in [-0.4, -0.2) is 42.6 Å². The summed E-state index contributed by atoms with van der Waals surface area (Å²) in [6, 6.07) is 0. The van der Waals surface area contributed by atoms with Crippen LogP contribution in [0, 0.1) is 0 Å². The van der Waals surface area contributed by atoms with Gasteiger partial charge in [0.2, 0.25) is 0 Å². The molecule has 0 bridgehead atoms. The number of aromatic nitrogens is 5. The topological polar surface area (TPSA) is 126 Å². The summed E-state index contributed by atoms with van der Waals surface area (Å²) in [5.74, 6) is -0.925. The van der Waals surface area contributed by atoms with E-state index in [1.165, 1.54) is 23.3 Å². The number of hydrogen-bond acceptors (Lipinski definition) is 6. The van der Waals surface area contributed by atoms with Crippen LogP contribution < -0.4 is 10.9 Å². The standard InChI is InChI=1S/C9H10N6O3/c16-8-7(10-1-2-12-8)11-3-4-15-5-6(9(17)18)13-14-15/h1-2,5H,3-4H2,(H,10,11)(H,12,16)(H,17,18). The average molecular weight is 250 g/mol. The summed E-state index contributed by atoms with van der Waals surface area (Å²) in [7, 11) is 0. The maximum atomic E-state index is 11.3. The molecule has 0 aliphatic carbocycles. The van der Waals surface area contributed by atoms with E-state index >= 15 is 0 Å². The molecule has 2 rings (SSSR count). The van der Waals surface area contributed by atoms with Crippen molar-refractivity contribution in [2.75, 3.05) is 11.9 Å². The van der Waals surface area contributed by atoms with Crippen LogP contribution in [0.3, 0.4) is 0 Å². The van der Waals surface area contributed by atoms with Crippen molar-refractivity contribution in [1.29, 1.82) is 0 Å². The lowest BCUT2D eigenvalue weighted by atomic mass is 10.5. The Morgan fingerprint density at radius 2 is 2.39 bits per heavy atom. The van der Waals surface area contributed by atoms with E-state index in [2.05, 4.69) is 25.6 Å². The van der Waals surface area contributed by atoms with Crippen LogP contribution in [-0.2, 0) is 6.54 Å². The molecule has 0 saturated heterocycles. The van der Waals surface area contributed by atoms with Crippen LogP contribution >= 0.6 is 0 Å². The quantitative estimate of drug-likeness (QED) is 0.632. The predicted octanol–water partition coefficient (Wildman–Crippen LogP) is -0.828. The fourth-order valence-corrected chi connectivity index (χ4v) is 1.27. The minimum Gasteiger partial charge on any atom is -0.476 e. The van der Waals surface area contributed by atoms with Gasteiger partial charge in [0.25, 0.3) is 5.56 Å². The van der Waals surface area contributed by atoms with Gasteiger partial charge in [-0.05, 0) is 0 Å². The van der Waals surface area contributed by atoms with Crippen LogP contribution in [0.4, 0.5) is 5.82 Å². The number of aromatic amines is 1. The first-order valence-electron chi connectivity index (χ1n) is 5.08. The summed E-state index contributed by atoms with van der Waals surface area (Å²) >= 11 is 0. The lowest BCUT2D eigenvalue weighted by Gasteiger charge is -2.03. The molecule has 0 spiro atoms. The van der Waals surface area contributed by atoms with Gasteiger partial charge < -0.3 is 15.4 Å². The zero-order valence-electron chi connectivity index (χ0n) is 9.20. The highest BCUT2D eigenvalue weighted by atomic mass is 16.4. The van der Waals surface area contributed by atoms with Crippen molar-refractivity contribution in [1.82, 2.24) is 25.0 Å². The Morgan fingerprint density at radius 1 is 1.56 bits per heavy atom. The van der Waals surface area contributed by atoms with Crippen LogP contribution in [0.15, 0.2) is 23.4 Å². The van der Waals surface area contributed by atoms with E-state index in [9.17, 15) is 9.59 Å². The highest BCUT2D eigenvalue weighted by Gasteiger charge is 2.07. The maximum absolute atomic E-state index is 11.3. The van der Waals surface area contributed by atoms with Crippen molar-refractivity contribution in [3.63, 3.8) is 0 Å². The van der Waals surface area contributed by atoms with Crippen molar-refractivity contribution in [2.24, 2.45) is 0 Å². The Balaban J connectivity index is 1.90. The third-order valence-corrected chi connectivity index (χ3v) is 2.10. The van der Waals surface area contributed by atoms with Gasteiger partial charge in [-0.1, -0.05) is 5.21 Å². The van der Waals surface area contributed by atoms with Gasteiger partial charge in [-0.2, -0.15) is 0 Å². The smallest absolute Gasteiger partial charge is 0.358 e. The minimum atomic E-state index is -1.13. The third-order valence-electron chi connectivity index (χ3n) is 2.10. The van der Waals surface area contributed by atoms with Crippen molar-refractivity contribution >= 4 is 11.8 Å². The summed E-state index contributed by atoms with van der Waals surface area (Å²) in [5, 5.41) is 18.6. The summed E-state index contributed by atoms with van der Waals surface area (Å²) in [6.07, 6.45) is 4.21. The van der Waals surface area contributed by atoms with Gasteiger partial charge in [0.1, 0.15) is 0 Å². The van der Waals surface area contributed by atoms with Crippen LogP contribution in [0.2, 0.25) is 0 Å². The van der Waals surface area contributed by atoms with E-state index in [0.29, 0.717) is 13.1 Å². The Bertz CT molecular complexity index is 604. The molecule has 9 nitrogen and oxygen atoms in total. The number of aromatic carboxylic acids is 1. The lowest BCUT2D eigenvalue weighted by Crippen LogP contribution is -2.19. The molecule has 0 aromatic carbocycles. The van der Waals surface area contributed by atoms with Gasteiger partial charge in [0.05, 0.1) is 12.7 Å². The SMILES string of the molecule is O=C(O)c1cn(CCNc2ncc[nH]c2=O)nn1. The van der Waals surface area contributed by atoms with E-state index in [4.69, 9.17) is 5.11 Å². The second-order valence-corrected chi connectivity index (χ2v) is 3.37. The van der Waals surface area contributed by atoms with Crippen molar-refractivity contribution in [2.45, 2.75) is 6.54 Å². The molecule has 0 amide bonds. The van der Waals surface area contributed by atoms with E-state index in [1.54, 1.807) is 0 Å². The minimum absolute atomic E-state index is 0.120. The Labute approximate surface area is 100 Å². The molecular formula is C9H10N6O3. The van der Waals surface area contributed by atoms with E-state index in [1.807, 2.05) is 0 Å². The van der Waals surface area contributed by atoms with Crippen LogP contribution in [0.25, 0.3) is 0 Å². The third kappa shape index (κ3) is 2.70. The second-order valence-electron chi connectivity index (χ2n) is 3.37. The fraction of sp³-hybridized carbons (Fsp3) is 0.222. The number of nitrogens with zero attached hydrogens (tertiary/aromatic N) is 4. The van der Waals surface area contributed by atoms with E-state index < -0.39 is 5.97 Å². The van der Waals surface area contributed by atoms with E-state index in [-0.39, 0.29) is 17.1 Å². The van der Waals surface area contributed by atoms with Crippen molar-refractivity contribution < 1.29 is 9.90 Å². The summed E-state index contributed by atoms with van der Waals surface area (Å²) in [6.45, 7) is 0.749. The molecule has 0 aliphatic heterocycles. The number of rotatable bonds is 5. The molecule has 0 radical (unpaired) electrons. The van der Waals surface area contributed by atoms with Gasteiger partial charge in [-0.15, -0.1) is 5.10 Å². The first-order chi connectivity index (χ1) is 8.66. The molecule has 94 valence electrons. The van der Waals surface area contributed by atoms with Gasteiger partial charge in [-0.25, -0.2) is 14.5 Å². The largest absolute Gasteiger partial charge is 0.476 e. The number of carboxylic acid groups (broad SMARTS) is 1. The molecule has 2 heterocycles. The summed E-state index contributed by atoms with van der Waals surface area (Å²) < 4.78 is 1.37. The average Bonchev–Trinajstić information content (AvgIpc) is 2.80. The number of carboxylic acids is 1. The molecule has 3 N–H and O–H groups in total. The highest BCUT2D eigenvalue weighted by molar-refractivity contribution is 5.84. The predicted molar refractivity (Wildman–Crippen MR) is 60.3 cm³/mol. The molecule has 2 aromatic heterocycles. The van der Waals surface area contributed by atoms with Crippen LogP contribution in [0.5, 0.6) is 0 Å².